The van der Waals surface area contributed by atoms with E-state index in [-0.39, 0.29) is 35.1 Å². The fraction of sp³-hybridized carbons (Fsp3) is 0.440. The molecule has 1 N–H and O–H groups in total. The van der Waals surface area contributed by atoms with Gasteiger partial charge in [0.1, 0.15) is 0 Å². The SMILES string of the molecule is Cc1cc(C)c(NS(=O)(=O)c2cc(CN3C(=O)[C@H]4CCCC[C@@H]4C3=O)ccc2C)c(C)c1. The van der Waals surface area contributed by atoms with Crippen LogP contribution in [0.3, 0.4) is 0 Å². The molecule has 1 aliphatic carbocycles. The second kappa shape index (κ2) is 8.35. The van der Waals surface area contributed by atoms with E-state index < -0.39 is 10.0 Å². The van der Waals surface area contributed by atoms with Crippen LogP contribution in [-0.2, 0) is 26.2 Å². The molecule has 0 spiro atoms. The average Bonchev–Trinajstić information content (AvgIpc) is 2.97. The molecule has 0 bridgehead atoms. The number of carbonyl (C=O) groups is 2. The van der Waals surface area contributed by atoms with Crippen molar-refractivity contribution in [2.75, 3.05) is 4.72 Å². The highest BCUT2D eigenvalue weighted by molar-refractivity contribution is 7.92. The summed E-state index contributed by atoms with van der Waals surface area (Å²) < 4.78 is 29.3. The fourth-order valence-electron chi connectivity index (χ4n) is 5.13. The Morgan fingerprint density at radius 3 is 2.00 bits per heavy atom. The van der Waals surface area contributed by atoms with Crippen LogP contribution in [0.5, 0.6) is 0 Å². The molecule has 4 rings (SSSR count). The lowest BCUT2D eigenvalue weighted by Gasteiger charge is -2.19. The van der Waals surface area contributed by atoms with Crippen molar-refractivity contribution in [2.24, 2.45) is 11.8 Å². The third-order valence-electron chi connectivity index (χ3n) is 6.73. The Balaban J connectivity index is 1.62. The number of imide groups is 1. The highest BCUT2D eigenvalue weighted by atomic mass is 32.2. The van der Waals surface area contributed by atoms with Gasteiger partial charge in [-0.05, 0) is 68.9 Å². The lowest BCUT2D eigenvalue weighted by molar-refractivity contribution is -0.140. The predicted molar refractivity (Wildman–Crippen MR) is 124 cm³/mol. The van der Waals surface area contributed by atoms with Crippen LogP contribution in [0.15, 0.2) is 35.2 Å². The van der Waals surface area contributed by atoms with Crippen molar-refractivity contribution < 1.29 is 18.0 Å². The minimum absolute atomic E-state index is 0.107. The molecule has 2 aromatic rings. The van der Waals surface area contributed by atoms with Crippen LogP contribution in [0.4, 0.5) is 5.69 Å². The fourth-order valence-corrected chi connectivity index (χ4v) is 6.63. The summed E-state index contributed by atoms with van der Waals surface area (Å²) >= 11 is 0. The normalized spacial score (nSPS) is 21.1. The van der Waals surface area contributed by atoms with E-state index in [2.05, 4.69) is 4.72 Å². The Kier molecular flexibility index (Phi) is 5.88. The summed E-state index contributed by atoms with van der Waals surface area (Å²) in [7, 11) is -3.84. The van der Waals surface area contributed by atoms with E-state index in [1.807, 2.05) is 32.9 Å². The lowest BCUT2D eigenvalue weighted by Crippen LogP contribution is -2.30. The number of hydrogen-bond donors (Lipinski definition) is 1. The van der Waals surface area contributed by atoms with E-state index >= 15 is 0 Å². The van der Waals surface area contributed by atoms with Crippen molar-refractivity contribution >= 4 is 27.5 Å². The van der Waals surface area contributed by atoms with Gasteiger partial charge in [-0.25, -0.2) is 8.42 Å². The average molecular weight is 455 g/mol. The van der Waals surface area contributed by atoms with Gasteiger partial charge in [0.25, 0.3) is 10.0 Å². The van der Waals surface area contributed by atoms with Crippen molar-refractivity contribution in [1.82, 2.24) is 4.90 Å². The molecule has 1 aliphatic heterocycles. The summed E-state index contributed by atoms with van der Waals surface area (Å²) in [5, 5.41) is 0. The van der Waals surface area contributed by atoms with Crippen LogP contribution in [0, 0.1) is 39.5 Å². The van der Waals surface area contributed by atoms with E-state index in [4.69, 9.17) is 0 Å². The Labute approximate surface area is 190 Å². The molecule has 2 aliphatic rings. The van der Waals surface area contributed by atoms with Gasteiger partial charge in [-0.15, -0.1) is 0 Å². The van der Waals surface area contributed by atoms with Crippen LogP contribution in [0.2, 0.25) is 0 Å². The van der Waals surface area contributed by atoms with E-state index in [0.29, 0.717) is 16.8 Å². The van der Waals surface area contributed by atoms with Crippen LogP contribution in [0.1, 0.15) is 53.5 Å². The Hall–Kier alpha value is -2.67. The quantitative estimate of drug-likeness (QED) is 0.679. The zero-order valence-corrected chi connectivity index (χ0v) is 19.9. The van der Waals surface area contributed by atoms with Crippen LogP contribution in [-0.4, -0.2) is 25.1 Å². The van der Waals surface area contributed by atoms with E-state index in [0.717, 1.165) is 42.4 Å². The highest BCUT2D eigenvalue weighted by Crippen LogP contribution is 2.38. The van der Waals surface area contributed by atoms with Crippen molar-refractivity contribution in [3.8, 4) is 0 Å². The minimum atomic E-state index is -3.84. The van der Waals surface area contributed by atoms with E-state index in [9.17, 15) is 18.0 Å². The second-order valence-corrected chi connectivity index (χ2v) is 10.9. The maximum atomic E-state index is 13.3. The number of hydrogen-bond acceptors (Lipinski definition) is 4. The summed E-state index contributed by atoms with van der Waals surface area (Å²) in [5.74, 6) is -0.652. The smallest absolute Gasteiger partial charge is 0.262 e. The number of nitrogens with zero attached hydrogens (tertiary/aromatic N) is 1. The van der Waals surface area contributed by atoms with Gasteiger partial charge in [0.05, 0.1) is 29.0 Å². The maximum absolute atomic E-state index is 13.3. The van der Waals surface area contributed by atoms with Gasteiger partial charge in [-0.1, -0.05) is 42.7 Å². The molecule has 1 heterocycles. The number of anilines is 1. The first kappa shape index (κ1) is 22.5. The van der Waals surface area contributed by atoms with Gasteiger partial charge in [0.15, 0.2) is 0 Å². The summed E-state index contributed by atoms with van der Waals surface area (Å²) in [5.41, 5.74) is 4.60. The molecular formula is C25H30N2O4S. The molecule has 2 fully saturated rings. The van der Waals surface area contributed by atoms with Crippen LogP contribution >= 0.6 is 0 Å². The Morgan fingerprint density at radius 2 is 1.44 bits per heavy atom. The molecule has 6 nitrogen and oxygen atoms in total. The van der Waals surface area contributed by atoms with E-state index in [1.54, 1.807) is 25.1 Å². The van der Waals surface area contributed by atoms with Crippen molar-refractivity contribution in [2.45, 2.75) is 64.8 Å². The summed E-state index contributed by atoms with van der Waals surface area (Å²) in [4.78, 5) is 27.1. The largest absolute Gasteiger partial charge is 0.279 e. The van der Waals surface area contributed by atoms with Gasteiger partial charge in [0, 0.05) is 0 Å². The minimum Gasteiger partial charge on any atom is -0.279 e. The van der Waals surface area contributed by atoms with Gasteiger partial charge in [-0.3, -0.25) is 19.2 Å². The molecule has 0 unspecified atom stereocenters. The first-order chi connectivity index (χ1) is 15.1. The number of nitrogens with one attached hydrogen (secondary N) is 1. The summed E-state index contributed by atoms with van der Waals surface area (Å²) in [6, 6.07) is 8.99. The molecule has 2 aromatic carbocycles. The number of likely N-dealkylation sites (tertiary alicyclic amines) is 1. The maximum Gasteiger partial charge on any atom is 0.262 e. The monoisotopic (exact) mass is 454 g/mol. The molecule has 0 radical (unpaired) electrons. The summed E-state index contributed by atoms with van der Waals surface area (Å²) in [6.45, 7) is 7.59. The predicted octanol–water partition coefficient (Wildman–Crippen LogP) is 4.40. The number of rotatable bonds is 5. The number of amides is 2. The molecule has 0 aromatic heterocycles. The highest BCUT2D eigenvalue weighted by Gasteiger charge is 2.47. The third-order valence-corrected chi connectivity index (χ3v) is 8.22. The molecule has 2 atom stereocenters. The molecule has 1 saturated carbocycles. The van der Waals surface area contributed by atoms with Crippen LogP contribution in [0.25, 0.3) is 0 Å². The molecular weight excluding hydrogens is 424 g/mol. The lowest BCUT2D eigenvalue weighted by atomic mass is 9.81. The molecule has 1 saturated heterocycles. The molecule has 32 heavy (non-hydrogen) atoms. The van der Waals surface area contributed by atoms with Crippen LogP contribution < -0.4 is 4.72 Å². The number of carbonyl (C=O) groups excluding carboxylic acids is 2. The summed E-state index contributed by atoms with van der Waals surface area (Å²) in [6.07, 6.45) is 3.48. The third kappa shape index (κ3) is 4.06. The van der Waals surface area contributed by atoms with Crippen molar-refractivity contribution in [3.63, 3.8) is 0 Å². The number of sulfonamides is 1. The van der Waals surface area contributed by atoms with Gasteiger partial charge >= 0.3 is 0 Å². The molecule has 7 heteroatoms. The van der Waals surface area contributed by atoms with Gasteiger partial charge < -0.3 is 0 Å². The Morgan fingerprint density at radius 1 is 0.875 bits per heavy atom. The number of benzene rings is 2. The van der Waals surface area contributed by atoms with Gasteiger partial charge in [0.2, 0.25) is 11.8 Å². The number of aryl methyl sites for hydroxylation is 4. The zero-order valence-electron chi connectivity index (χ0n) is 19.1. The molecule has 2 amide bonds. The van der Waals surface area contributed by atoms with Gasteiger partial charge in [-0.2, -0.15) is 0 Å². The standard InChI is InChI=1S/C25H30N2O4S/c1-15-11-17(3)23(18(4)12-15)26-32(30,31)22-13-19(10-9-16(22)2)14-27-24(28)20-7-5-6-8-21(20)25(27)29/h9-13,20-21,26H,5-8,14H2,1-4H3/t20-,21-/m0/s1. The first-order valence-electron chi connectivity index (χ1n) is 11.1. The van der Waals surface area contributed by atoms with Crippen molar-refractivity contribution in [1.29, 1.82) is 0 Å². The zero-order chi connectivity index (χ0) is 23.2. The topological polar surface area (TPSA) is 83.6 Å². The van der Waals surface area contributed by atoms with Crippen molar-refractivity contribution in [3.05, 3.63) is 58.1 Å². The number of fused-ring (bicyclic) bond motifs is 1. The molecule has 170 valence electrons. The second-order valence-electron chi connectivity index (χ2n) is 9.24. The van der Waals surface area contributed by atoms with E-state index in [1.165, 1.54) is 4.90 Å². The Bertz CT molecular complexity index is 1160. The first-order valence-corrected chi connectivity index (χ1v) is 12.6.